The molecule has 2 N–H and O–H groups in total. The molecule has 130 valence electrons. The third-order valence-electron chi connectivity index (χ3n) is 4.69. The quantitative estimate of drug-likeness (QED) is 0.815. The Morgan fingerprint density at radius 1 is 1.38 bits per heavy atom. The average Bonchev–Trinajstić information content (AvgIpc) is 2.88. The zero-order valence-corrected chi connectivity index (χ0v) is 15.0. The highest BCUT2D eigenvalue weighted by atomic mass is 32.2. The van der Waals surface area contributed by atoms with E-state index in [2.05, 4.69) is 23.3 Å². The zero-order chi connectivity index (χ0) is 17.3. The van der Waals surface area contributed by atoms with Crippen molar-refractivity contribution in [2.45, 2.75) is 32.6 Å². The highest BCUT2D eigenvalue weighted by Crippen LogP contribution is 2.32. The number of benzene rings is 1. The Hall–Kier alpha value is -1.82. The van der Waals surface area contributed by atoms with Crippen LogP contribution in [-0.2, 0) is 22.7 Å². The summed E-state index contributed by atoms with van der Waals surface area (Å²) in [5.74, 6) is 0.609. The first-order chi connectivity index (χ1) is 11.3. The van der Waals surface area contributed by atoms with Crippen molar-refractivity contribution >= 4 is 26.6 Å². The summed E-state index contributed by atoms with van der Waals surface area (Å²) < 4.78 is 22.3. The van der Waals surface area contributed by atoms with E-state index in [0.717, 1.165) is 23.7 Å². The van der Waals surface area contributed by atoms with E-state index >= 15 is 0 Å². The number of nitrogens with one attached hydrogen (secondary N) is 2. The third kappa shape index (κ3) is 3.64. The molecule has 0 unspecified atom stereocenters. The number of amides is 1. The summed E-state index contributed by atoms with van der Waals surface area (Å²) in [6.45, 7) is 2.62. The van der Waals surface area contributed by atoms with E-state index in [1.165, 1.54) is 23.9 Å². The van der Waals surface area contributed by atoms with Crippen LogP contribution >= 0.6 is 0 Å². The van der Waals surface area contributed by atoms with Gasteiger partial charge in [-0.2, -0.15) is 0 Å². The van der Waals surface area contributed by atoms with Crippen molar-refractivity contribution in [1.29, 1.82) is 0 Å². The summed E-state index contributed by atoms with van der Waals surface area (Å²) >= 11 is 0. The van der Waals surface area contributed by atoms with Crippen LogP contribution in [0.4, 0.5) is 0 Å². The highest BCUT2D eigenvalue weighted by molar-refractivity contribution is 7.90. The van der Waals surface area contributed by atoms with Gasteiger partial charge in [-0.3, -0.25) is 4.79 Å². The Kier molecular flexibility index (Phi) is 4.67. The molecular weight excluding hydrogens is 324 g/mol. The van der Waals surface area contributed by atoms with Gasteiger partial charge in [-0.25, -0.2) is 8.42 Å². The van der Waals surface area contributed by atoms with Crippen LogP contribution in [0.3, 0.4) is 0 Å². The standard InChI is InChI=1S/C18H24N2O3S/c1-12-7-8-16-15(11-12)13-5-3-6-14(17(13)20-16)18(21)19-9-4-10-24(2,22)23/h3,5-6,12,20H,4,7-11H2,1-2H3,(H,19,21)/t12-/m1/s1. The smallest absolute Gasteiger partial charge is 0.253 e. The number of aromatic amines is 1. The van der Waals surface area contributed by atoms with E-state index < -0.39 is 9.84 Å². The van der Waals surface area contributed by atoms with Crippen LogP contribution in [0.15, 0.2) is 18.2 Å². The molecule has 0 saturated heterocycles. The van der Waals surface area contributed by atoms with Crippen LogP contribution in [0, 0.1) is 5.92 Å². The number of carbonyl (C=O) groups excluding carboxylic acids is 1. The summed E-state index contributed by atoms with van der Waals surface area (Å²) in [5.41, 5.74) is 4.13. The molecule has 0 saturated carbocycles. The lowest BCUT2D eigenvalue weighted by Crippen LogP contribution is -2.26. The van der Waals surface area contributed by atoms with E-state index in [9.17, 15) is 13.2 Å². The molecule has 6 heteroatoms. The fourth-order valence-electron chi connectivity index (χ4n) is 3.44. The van der Waals surface area contributed by atoms with Crippen molar-refractivity contribution in [1.82, 2.24) is 10.3 Å². The molecule has 1 aromatic heterocycles. The minimum Gasteiger partial charge on any atom is -0.358 e. The molecule has 3 rings (SSSR count). The lowest BCUT2D eigenvalue weighted by molar-refractivity contribution is 0.0955. The molecule has 0 radical (unpaired) electrons. The SMILES string of the molecule is C[C@@H]1CCc2[nH]c3c(C(=O)NCCCS(C)(=O)=O)cccc3c2C1. The summed E-state index contributed by atoms with van der Waals surface area (Å²) in [7, 11) is -2.99. The molecule has 1 heterocycles. The molecule has 0 aliphatic heterocycles. The zero-order valence-electron chi connectivity index (χ0n) is 14.2. The van der Waals surface area contributed by atoms with Gasteiger partial charge in [-0.15, -0.1) is 0 Å². The minimum atomic E-state index is -2.99. The van der Waals surface area contributed by atoms with Gasteiger partial charge in [0.1, 0.15) is 9.84 Å². The molecule has 0 spiro atoms. The van der Waals surface area contributed by atoms with Gasteiger partial charge in [0, 0.05) is 23.9 Å². The Morgan fingerprint density at radius 3 is 2.92 bits per heavy atom. The van der Waals surface area contributed by atoms with Crippen LogP contribution in [0.5, 0.6) is 0 Å². The second-order valence-corrected chi connectivity index (χ2v) is 9.16. The predicted molar refractivity (Wildman–Crippen MR) is 96.1 cm³/mol. The maximum atomic E-state index is 12.5. The normalized spacial score (nSPS) is 17.7. The Balaban J connectivity index is 1.78. The van der Waals surface area contributed by atoms with Gasteiger partial charge >= 0.3 is 0 Å². The number of aromatic nitrogens is 1. The number of rotatable bonds is 5. The van der Waals surface area contributed by atoms with Crippen LogP contribution in [-0.4, -0.2) is 37.9 Å². The van der Waals surface area contributed by atoms with Crippen molar-refractivity contribution in [2.75, 3.05) is 18.6 Å². The van der Waals surface area contributed by atoms with E-state index in [1.807, 2.05) is 12.1 Å². The number of H-pyrrole nitrogens is 1. The van der Waals surface area contributed by atoms with Gasteiger partial charge in [-0.05, 0) is 43.2 Å². The molecule has 2 aromatic rings. The maximum Gasteiger partial charge on any atom is 0.253 e. The van der Waals surface area contributed by atoms with Crippen molar-refractivity contribution < 1.29 is 13.2 Å². The Morgan fingerprint density at radius 2 is 2.17 bits per heavy atom. The fraction of sp³-hybridized carbons (Fsp3) is 0.500. The van der Waals surface area contributed by atoms with Crippen molar-refractivity contribution in [2.24, 2.45) is 5.92 Å². The topological polar surface area (TPSA) is 79.0 Å². The summed E-state index contributed by atoms with van der Waals surface area (Å²) in [6, 6.07) is 5.81. The molecule has 1 aliphatic rings. The number of fused-ring (bicyclic) bond motifs is 3. The Labute approximate surface area is 142 Å². The van der Waals surface area contributed by atoms with Gasteiger partial charge in [0.25, 0.3) is 5.91 Å². The van der Waals surface area contributed by atoms with Gasteiger partial charge in [-0.1, -0.05) is 19.1 Å². The van der Waals surface area contributed by atoms with E-state index in [1.54, 1.807) is 0 Å². The largest absolute Gasteiger partial charge is 0.358 e. The van der Waals surface area contributed by atoms with Crippen molar-refractivity contribution in [3.63, 3.8) is 0 Å². The number of carbonyl (C=O) groups is 1. The molecule has 1 atom stereocenters. The lowest BCUT2D eigenvalue weighted by atomic mass is 9.87. The lowest BCUT2D eigenvalue weighted by Gasteiger charge is -2.17. The van der Waals surface area contributed by atoms with E-state index in [-0.39, 0.29) is 11.7 Å². The molecule has 1 amide bonds. The number of hydrogen-bond acceptors (Lipinski definition) is 3. The van der Waals surface area contributed by atoms with Gasteiger partial charge in [0.2, 0.25) is 0 Å². The highest BCUT2D eigenvalue weighted by Gasteiger charge is 2.22. The van der Waals surface area contributed by atoms with E-state index in [0.29, 0.717) is 24.4 Å². The molecule has 5 nitrogen and oxygen atoms in total. The minimum absolute atomic E-state index is 0.0895. The third-order valence-corrected chi connectivity index (χ3v) is 5.72. The summed E-state index contributed by atoms with van der Waals surface area (Å²) in [6.07, 6.45) is 4.89. The summed E-state index contributed by atoms with van der Waals surface area (Å²) in [4.78, 5) is 15.9. The fourth-order valence-corrected chi connectivity index (χ4v) is 4.10. The molecule has 24 heavy (non-hydrogen) atoms. The first kappa shape index (κ1) is 17.0. The number of para-hydroxylation sites is 1. The number of sulfone groups is 1. The predicted octanol–water partition coefficient (Wildman–Crippen LogP) is 2.46. The molecular formula is C18H24N2O3S. The monoisotopic (exact) mass is 348 g/mol. The van der Waals surface area contributed by atoms with Crippen LogP contribution < -0.4 is 5.32 Å². The van der Waals surface area contributed by atoms with Crippen LogP contribution in [0.25, 0.3) is 10.9 Å². The Bertz CT molecular complexity index is 868. The molecule has 0 fully saturated rings. The van der Waals surface area contributed by atoms with Crippen LogP contribution in [0.2, 0.25) is 0 Å². The van der Waals surface area contributed by atoms with Gasteiger partial charge < -0.3 is 10.3 Å². The average molecular weight is 348 g/mol. The van der Waals surface area contributed by atoms with Gasteiger partial charge in [0.15, 0.2) is 0 Å². The van der Waals surface area contributed by atoms with Gasteiger partial charge in [0.05, 0.1) is 16.8 Å². The maximum absolute atomic E-state index is 12.5. The number of hydrogen-bond donors (Lipinski definition) is 2. The first-order valence-corrected chi connectivity index (χ1v) is 10.5. The van der Waals surface area contributed by atoms with Crippen LogP contribution in [0.1, 0.15) is 41.4 Å². The summed E-state index contributed by atoms with van der Waals surface area (Å²) in [5, 5.41) is 3.97. The van der Waals surface area contributed by atoms with Crippen molar-refractivity contribution in [3.8, 4) is 0 Å². The molecule has 1 aliphatic carbocycles. The second-order valence-electron chi connectivity index (χ2n) is 6.90. The number of aryl methyl sites for hydroxylation is 1. The van der Waals surface area contributed by atoms with E-state index in [4.69, 9.17) is 0 Å². The molecule has 1 aromatic carbocycles. The second kappa shape index (κ2) is 6.59. The first-order valence-electron chi connectivity index (χ1n) is 8.43. The molecule has 0 bridgehead atoms. The van der Waals surface area contributed by atoms with Crippen molar-refractivity contribution in [3.05, 3.63) is 35.0 Å².